The summed E-state index contributed by atoms with van der Waals surface area (Å²) in [7, 11) is -1.42. The predicted octanol–water partition coefficient (Wildman–Crippen LogP) is -0.208. The fraction of sp³-hybridized carbons (Fsp3) is 0.286. The summed E-state index contributed by atoms with van der Waals surface area (Å²) in [6.07, 6.45) is 1.93. The lowest BCUT2D eigenvalue weighted by Gasteiger charge is -2.04. The molecule has 12 heavy (non-hydrogen) atoms. The van der Waals surface area contributed by atoms with Gasteiger partial charge in [0.15, 0.2) is 0 Å². The van der Waals surface area contributed by atoms with Crippen molar-refractivity contribution in [1.82, 2.24) is 4.98 Å². The highest BCUT2D eigenvalue weighted by Crippen LogP contribution is 2.09. The minimum Gasteiger partial charge on any atom is -0.423 e. The van der Waals surface area contributed by atoms with Crippen LogP contribution >= 0.6 is 11.8 Å². The maximum atomic E-state index is 8.88. The maximum absolute atomic E-state index is 8.88. The molecule has 1 heterocycles. The molecule has 0 fully saturated rings. The maximum Gasteiger partial charge on any atom is 0.490 e. The molecule has 0 saturated carbocycles. The van der Waals surface area contributed by atoms with Crippen LogP contribution in [0.15, 0.2) is 17.2 Å². The van der Waals surface area contributed by atoms with Gasteiger partial charge in [0.2, 0.25) is 0 Å². The summed E-state index contributed by atoms with van der Waals surface area (Å²) in [5.41, 5.74) is 1.13. The van der Waals surface area contributed by atoms with Crippen molar-refractivity contribution in [3.63, 3.8) is 0 Å². The number of nitrogens with zero attached hydrogens (tertiary/aromatic N) is 1. The molecule has 1 aromatic rings. The number of rotatable bonds is 2. The van der Waals surface area contributed by atoms with E-state index >= 15 is 0 Å². The van der Waals surface area contributed by atoms with Gasteiger partial charge in [-0.25, -0.2) is 4.98 Å². The van der Waals surface area contributed by atoms with Crippen LogP contribution in [-0.4, -0.2) is 28.4 Å². The molecule has 0 aromatic carbocycles. The van der Waals surface area contributed by atoms with Gasteiger partial charge >= 0.3 is 7.12 Å². The van der Waals surface area contributed by atoms with Crippen molar-refractivity contribution in [2.45, 2.75) is 11.9 Å². The van der Waals surface area contributed by atoms with Gasteiger partial charge in [0.25, 0.3) is 0 Å². The Morgan fingerprint density at radius 1 is 1.42 bits per heavy atom. The Bertz CT molecular complexity index is 280. The number of aryl methyl sites for hydroxylation is 1. The third-order valence-electron chi connectivity index (χ3n) is 1.59. The molecule has 0 aliphatic heterocycles. The minimum atomic E-state index is -1.42. The molecule has 1 rings (SSSR count). The first kappa shape index (κ1) is 9.57. The van der Waals surface area contributed by atoms with E-state index in [0.717, 1.165) is 5.03 Å². The molecule has 0 atom stereocenters. The van der Waals surface area contributed by atoms with Gasteiger partial charge in [0.1, 0.15) is 0 Å². The first-order valence-electron chi connectivity index (χ1n) is 3.53. The average Bonchev–Trinajstić information content (AvgIpc) is 2.03. The number of aromatic nitrogens is 1. The summed E-state index contributed by atoms with van der Waals surface area (Å²) >= 11 is 1.53. The second-order valence-electron chi connectivity index (χ2n) is 2.40. The van der Waals surface area contributed by atoms with Gasteiger partial charge in [0, 0.05) is 11.2 Å². The highest BCUT2D eigenvalue weighted by atomic mass is 32.2. The van der Waals surface area contributed by atoms with Crippen LogP contribution in [-0.2, 0) is 0 Å². The van der Waals surface area contributed by atoms with Crippen LogP contribution < -0.4 is 5.46 Å². The molecule has 0 unspecified atom stereocenters. The van der Waals surface area contributed by atoms with Crippen molar-refractivity contribution < 1.29 is 10.0 Å². The van der Waals surface area contributed by atoms with E-state index in [4.69, 9.17) is 10.0 Å². The van der Waals surface area contributed by atoms with Crippen molar-refractivity contribution in [2.75, 3.05) is 6.26 Å². The molecule has 0 aliphatic carbocycles. The Morgan fingerprint density at radius 3 is 2.50 bits per heavy atom. The van der Waals surface area contributed by atoms with Gasteiger partial charge in [-0.3, -0.25) is 0 Å². The molecule has 5 heteroatoms. The van der Waals surface area contributed by atoms with Gasteiger partial charge < -0.3 is 10.0 Å². The van der Waals surface area contributed by atoms with E-state index in [0.29, 0.717) is 11.2 Å². The molecule has 2 N–H and O–H groups in total. The number of hydrogen-bond donors (Lipinski definition) is 2. The van der Waals surface area contributed by atoms with Crippen molar-refractivity contribution in [3.8, 4) is 0 Å². The molecule has 64 valence electrons. The lowest BCUT2D eigenvalue weighted by molar-refractivity contribution is 0.425. The quantitative estimate of drug-likeness (QED) is 0.492. The van der Waals surface area contributed by atoms with E-state index in [1.165, 1.54) is 11.8 Å². The van der Waals surface area contributed by atoms with Gasteiger partial charge in [-0.2, -0.15) is 0 Å². The first-order valence-corrected chi connectivity index (χ1v) is 4.75. The van der Waals surface area contributed by atoms with Gasteiger partial charge in [-0.15, -0.1) is 11.8 Å². The van der Waals surface area contributed by atoms with E-state index in [1.807, 2.05) is 6.26 Å². The average molecular weight is 183 g/mol. The van der Waals surface area contributed by atoms with E-state index in [-0.39, 0.29) is 0 Å². The molecular formula is C7H10BNO2S. The van der Waals surface area contributed by atoms with E-state index < -0.39 is 7.12 Å². The smallest absolute Gasteiger partial charge is 0.423 e. The Kier molecular flexibility index (Phi) is 3.14. The summed E-state index contributed by atoms with van der Waals surface area (Å²) in [5, 5.41) is 18.6. The Labute approximate surface area is 76.0 Å². The third kappa shape index (κ3) is 2.00. The Balaban J connectivity index is 3.03. The third-order valence-corrected chi connectivity index (χ3v) is 2.23. The van der Waals surface area contributed by atoms with Crippen molar-refractivity contribution >= 4 is 24.3 Å². The van der Waals surface area contributed by atoms with Crippen LogP contribution in [0.5, 0.6) is 0 Å². The number of hydrogen-bond acceptors (Lipinski definition) is 4. The van der Waals surface area contributed by atoms with Crippen molar-refractivity contribution in [3.05, 3.63) is 17.8 Å². The SMILES string of the molecule is CSc1ccc(B(O)O)c(C)n1. The summed E-state index contributed by atoms with van der Waals surface area (Å²) in [6, 6.07) is 3.45. The zero-order valence-electron chi connectivity index (χ0n) is 6.98. The molecule has 0 amide bonds. The van der Waals surface area contributed by atoms with E-state index in [9.17, 15) is 0 Å². The normalized spacial score (nSPS) is 10.0. The fourth-order valence-electron chi connectivity index (χ4n) is 0.935. The highest BCUT2D eigenvalue weighted by Gasteiger charge is 2.14. The summed E-state index contributed by atoms with van der Waals surface area (Å²) in [4.78, 5) is 4.16. The molecular weight excluding hydrogens is 173 g/mol. The lowest BCUT2D eigenvalue weighted by Crippen LogP contribution is -2.32. The zero-order valence-corrected chi connectivity index (χ0v) is 7.80. The summed E-state index contributed by atoms with van der Waals surface area (Å²) in [5.74, 6) is 0. The molecule has 0 spiro atoms. The molecule has 0 saturated heterocycles. The predicted molar refractivity (Wildman–Crippen MR) is 50.6 cm³/mol. The molecule has 0 radical (unpaired) electrons. The molecule has 0 aliphatic rings. The fourth-order valence-corrected chi connectivity index (χ4v) is 1.37. The van der Waals surface area contributed by atoms with Crippen LogP contribution in [0.25, 0.3) is 0 Å². The monoisotopic (exact) mass is 183 g/mol. The highest BCUT2D eigenvalue weighted by molar-refractivity contribution is 7.98. The van der Waals surface area contributed by atoms with Crippen LogP contribution in [0.2, 0.25) is 0 Å². The minimum absolute atomic E-state index is 0.466. The van der Waals surface area contributed by atoms with Crippen molar-refractivity contribution in [2.24, 2.45) is 0 Å². The van der Waals surface area contributed by atoms with Crippen LogP contribution in [0.4, 0.5) is 0 Å². The molecule has 0 bridgehead atoms. The molecule has 3 nitrogen and oxygen atoms in total. The van der Waals surface area contributed by atoms with Gasteiger partial charge in [-0.1, -0.05) is 6.07 Å². The summed E-state index contributed by atoms with van der Waals surface area (Å²) < 4.78 is 0. The number of thioether (sulfide) groups is 1. The molecule has 1 aromatic heterocycles. The van der Waals surface area contributed by atoms with Gasteiger partial charge in [-0.05, 0) is 19.2 Å². The largest absolute Gasteiger partial charge is 0.490 e. The second kappa shape index (κ2) is 3.93. The number of pyridine rings is 1. The lowest BCUT2D eigenvalue weighted by atomic mass is 9.79. The van der Waals surface area contributed by atoms with Crippen LogP contribution in [0.1, 0.15) is 5.69 Å². The topological polar surface area (TPSA) is 53.4 Å². The van der Waals surface area contributed by atoms with Gasteiger partial charge in [0.05, 0.1) is 5.03 Å². The zero-order chi connectivity index (χ0) is 9.14. The van der Waals surface area contributed by atoms with Crippen LogP contribution in [0.3, 0.4) is 0 Å². The van der Waals surface area contributed by atoms with E-state index in [2.05, 4.69) is 4.98 Å². The standard InChI is InChI=1S/C7H10BNO2S/c1-5-6(8(10)11)3-4-7(9-5)12-2/h3-4,10-11H,1-2H3. The summed E-state index contributed by atoms with van der Waals surface area (Å²) in [6.45, 7) is 1.76. The van der Waals surface area contributed by atoms with Crippen LogP contribution in [0, 0.1) is 6.92 Å². The second-order valence-corrected chi connectivity index (χ2v) is 3.23. The van der Waals surface area contributed by atoms with Crippen molar-refractivity contribution in [1.29, 1.82) is 0 Å². The van der Waals surface area contributed by atoms with E-state index in [1.54, 1.807) is 19.1 Å². The Hall–Kier alpha value is -0.515. The Morgan fingerprint density at radius 2 is 2.08 bits per heavy atom. The first-order chi connectivity index (χ1) is 5.65.